The standard InChI is InChI=1S/C19H20ClN3O2/c20-15-7-8-17(21-12-15)19(25)22-16-10-11-23(13-16)18(24)9-6-14-4-2-1-3-5-14/h1-5,7-8,12,16H,6,9-11,13H2,(H,22,25)/t16-/m0/s1. The fraction of sp³-hybridized carbons (Fsp3) is 0.316. The average molecular weight is 358 g/mol. The first-order chi connectivity index (χ1) is 12.1. The zero-order valence-electron chi connectivity index (χ0n) is 13.8. The normalized spacial score (nSPS) is 16.7. The summed E-state index contributed by atoms with van der Waals surface area (Å²) in [5, 5.41) is 3.43. The van der Waals surface area contributed by atoms with E-state index >= 15 is 0 Å². The molecule has 0 radical (unpaired) electrons. The Morgan fingerprint density at radius 2 is 2.00 bits per heavy atom. The van der Waals surface area contributed by atoms with Gasteiger partial charge in [0.15, 0.2) is 0 Å². The maximum atomic E-state index is 12.3. The molecule has 1 N–H and O–H groups in total. The first kappa shape index (κ1) is 17.4. The van der Waals surface area contributed by atoms with Gasteiger partial charge in [-0.15, -0.1) is 0 Å². The molecule has 1 fully saturated rings. The molecular weight excluding hydrogens is 338 g/mol. The van der Waals surface area contributed by atoms with E-state index in [4.69, 9.17) is 11.6 Å². The molecule has 0 bridgehead atoms. The molecule has 1 atom stereocenters. The van der Waals surface area contributed by atoms with Gasteiger partial charge in [0.2, 0.25) is 5.91 Å². The molecule has 1 saturated heterocycles. The number of hydrogen-bond acceptors (Lipinski definition) is 3. The van der Waals surface area contributed by atoms with Crippen molar-refractivity contribution in [2.24, 2.45) is 0 Å². The Kier molecular flexibility index (Phi) is 5.66. The third-order valence-electron chi connectivity index (χ3n) is 4.31. The van der Waals surface area contributed by atoms with Gasteiger partial charge >= 0.3 is 0 Å². The molecule has 2 amide bonds. The predicted molar refractivity (Wildman–Crippen MR) is 96.5 cm³/mol. The Labute approximate surface area is 152 Å². The lowest BCUT2D eigenvalue weighted by molar-refractivity contribution is -0.130. The Bertz CT molecular complexity index is 734. The number of carbonyl (C=O) groups is 2. The molecule has 0 spiro atoms. The van der Waals surface area contributed by atoms with Crippen LogP contribution in [0, 0.1) is 0 Å². The quantitative estimate of drug-likeness (QED) is 0.894. The maximum Gasteiger partial charge on any atom is 0.270 e. The number of aryl methyl sites for hydroxylation is 1. The van der Waals surface area contributed by atoms with Crippen molar-refractivity contribution in [1.29, 1.82) is 0 Å². The van der Waals surface area contributed by atoms with Gasteiger partial charge in [-0.1, -0.05) is 41.9 Å². The Hall–Kier alpha value is -2.40. The molecule has 1 aliphatic rings. The number of amides is 2. The molecule has 130 valence electrons. The van der Waals surface area contributed by atoms with Crippen molar-refractivity contribution in [2.75, 3.05) is 13.1 Å². The predicted octanol–water partition coefficient (Wildman–Crippen LogP) is 2.70. The van der Waals surface area contributed by atoms with Crippen LogP contribution in [-0.4, -0.2) is 40.8 Å². The van der Waals surface area contributed by atoms with Crippen LogP contribution in [0.2, 0.25) is 5.02 Å². The van der Waals surface area contributed by atoms with Crippen molar-refractivity contribution in [3.63, 3.8) is 0 Å². The number of hydrogen-bond donors (Lipinski definition) is 1. The molecule has 25 heavy (non-hydrogen) atoms. The van der Waals surface area contributed by atoms with Gasteiger partial charge in [0.05, 0.1) is 5.02 Å². The second kappa shape index (κ2) is 8.12. The lowest BCUT2D eigenvalue weighted by atomic mass is 10.1. The summed E-state index contributed by atoms with van der Waals surface area (Å²) < 4.78 is 0. The van der Waals surface area contributed by atoms with Crippen molar-refractivity contribution in [2.45, 2.75) is 25.3 Å². The number of nitrogens with one attached hydrogen (secondary N) is 1. The van der Waals surface area contributed by atoms with Gasteiger partial charge in [0.1, 0.15) is 5.69 Å². The Balaban J connectivity index is 1.47. The zero-order chi connectivity index (χ0) is 17.6. The third-order valence-corrected chi connectivity index (χ3v) is 4.53. The van der Waals surface area contributed by atoms with Crippen LogP contribution < -0.4 is 5.32 Å². The van der Waals surface area contributed by atoms with Crippen LogP contribution in [0.4, 0.5) is 0 Å². The summed E-state index contributed by atoms with van der Waals surface area (Å²) in [6, 6.07) is 13.2. The van der Waals surface area contributed by atoms with E-state index in [-0.39, 0.29) is 17.9 Å². The minimum atomic E-state index is -0.236. The topological polar surface area (TPSA) is 62.3 Å². The lowest BCUT2D eigenvalue weighted by Crippen LogP contribution is -2.38. The minimum Gasteiger partial charge on any atom is -0.346 e. The lowest BCUT2D eigenvalue weighted by Gasteiger charge is -2.17. The number of carbonyl (C=O) groups excluding carboxylic acids is 2. The van der Waals surface area contributed by atoms with E-state index < -0.39 is 0 Å². The van der Waals surface area contributed by atoms with Crippen molar-refractivity contribution >= 4 is 23.4 Å². The second-order valence-corrected chi connectivity index (χ2v) is 6.58. The number of rotatable bonds is 5. The minimum absolute atomic E-state index is 0.0364. The maximum absolute atomic E-state index is 12.3. The summed E-state index contributed by atoms with van der Waals surface area (Å²) in [6.45, 7) is 1.22. The van der Waals surface area contributed by atoms with Gasteiger partial charge in [-0.3, -0.25) is 9.59 Å². The van der Waals surface area contributed by atoms with E-state index in [9.17, 15) is 9.59 Å². The summed E-state index contributed by atoms with van der Waals surface area (Å²) in [4.78, 5) is 30.4. The van der Waals surface area contributed by atoms with E-state index in [2.05, 4.69) is 10.3 Å². The molecular formula is C19H20ClN3O2. The molecule has 1 aliphatic heterocycles. The highest BCUT2D eigenvalue weighted by atomic mass is 35.5. The van der Waals surface area contributed by atoms with E-state index in [0.29, 0.717) is 30.2 Å². The molecule has 0 saturated carbocycles. The Morgan fingerprint density at radius 3 is 2.72 bits per heavy atom. The van der Waals surface area contributed by atoms with E-state index in [0.717, 1.165) is 18.4 Å². The SMILES string of the molecule is O=C(N[C@H]1CCN(C(=O)CCc2ccccc2)C1)c1ccc(Cl)cn1. The Morgan fingerprint density at radius 1 is 1.20 bits per heavy atom. The van der Waals surface area contributed by atoms with Crippen LogP contribution in [-0.2, 0) is 11.2 Å². The molecule has 3 rings (SSSR count). The first-order valence-corrected chi connectivity index (χ1v) is 8.74. The second-order valence-electron chi connectivity index (χ2n) is 6.15. The van der Waals surface area contributed by atoms with Crippen LogP contribution in [0.1, 0.15) is 28.9 Å². The van der Waals surface area contributed by atoms with Crippen molar-refractivity contribution in [3.05, 3.63) is 64.9 Å². The zero-order valence-corrected chi connectivity index (χ0v) is 14.6. The number of aromatic nitrogens is 1. The molecule has 5 nitrogen and oxygen atoms in total. The molecule has 2 heterocycles. The van der Waals surface area contributed by atoms with Crippen LogP contribution in [0.5, 0.6) is 0 Å². The summed E-state index contributed by atoms with van der Waals surface area (Å²) in [5.74, 6) is -0.106. The monoisotopic (exact) mass is 357 g/mol. The van der Waals surface area contributed by atoms with Crippen molar-refractivity contribution in [3.8, 4) is 0 Å². The fourth-order valence-corrected chi connectivity index (χ4v) is 3.04. The van der Waals surface area contributed by atoms with E-state index in [1.807, 2.05) is 35.2 Å². The highest BCUT2D eigenvalue weighted by Gasteiger charge is 2.27. The van der Waals surface area contributed by atoms with Gasteiger partial charge in [0.25, 0.3) is 5.91 Å². The number of benzene rings is 1. The molecule has 0 unspecified atom stereocenters. The number of pyridine rings is 1. The van der Waals surface area contributed by atoms with Gasteiger partial charge in [0, 0.05) is 31.7 Å². The van der Waals surface area contributed by atoms with Gasteiger partial charge in [-0.2, -0.15) is 0 Å². The summed E-state index contributed by atoms with van der Waals surface area (Å²) in [5.41, 5.74) is 1.49. The van der Waals surface area contributed by atoms with Crippen LogP contribution in [0.25, 0.3) is 0 Å². The van der Waals surface area contributed by atoms with Crippen LogP contribution in [0.3, 0.4) is 0 Å². The van der Waals surface area contributed by atoms with Gasteiger partial charge in [-0.05, 0) is 30.5 Å². The summed E-state index contributed by atoms with van der Waals surface area (Å²) in [6.07, 6.45) is 3.44. The largest absolute Gasteiger partial charge is 0.346 e. The van der Waals surface area contributed by atoms with E-state index in [1.54, 1.807) is 12.1 Å². The highest BCUT2D eigenvalue weighted by molar-refractivity contribution is 6.30. The summed E-state index contributed by atoms with van der Waals surface area (Å²) >= 11 is 5.78. The summed E-state index contributed by atoms with van der Waals surface area (Å²) in [7, 11) is 0. The molecule has 1 aromatic heterocycles. The average Bonchev–Trinajstić information content (AvgIpc) is 3.09. The number of halogens is 1. The van der Waals surface area contributed by atoms with Crippen molar-refractivity contribution < 1.29 is 9.59 Å². The van der Waals surface area contributed by atoms with Crippen molar-refractivity contribution in [1.82, 2.24) is 15.2 Å². The van der Waals surface area contributed by atoms with E-state index in [1.165, 1.54) is 6.20 Å². The molecule has 2 aromatic rings. The first-order valence-electron chi connectivity index (χ1n) is 8.36. The highest BCUT2D eigenvalue weighted by Crippen LogP contribution is 2.13. The molecule has 6 heteroatoms. The number of likely N-dealkylation sites (tertiary alicyclic amines) is 1. The van der Waals surface area contributed by atoms with Gasteiger partial charge < -0.3 is 10.2 Å². The van der Waals surface area contributed by atoms with Crippen LogP contribution >= 0.6 is 11.6 Å². The smallest absolute Gasteiger partial charge is 0.270 e. The third kappa shape index (κ3) is 4.79. The van der Waals surface area contributed by atoms with Crippen LogP contribution in [0.15, 0.2) is 48.7 Å². The molecule has 0 aliphatic carbocycles. The fourth-order valence-electron chi connectivity index (χ4n) is 2.93. The number of nitrogens with zero attached hydrogens (tertiary/aromatic N) is 2. The van der Waals surface area contributed by atoms with Gasteiger partial charge in [-0.25, -0.2) is 4.98 Å². The molecule has 1 aromatic carbocycles.